The fourth-order valence-electron chi connectivity index (χ4n) is 2.89. The van der Waals surface area contributed by atoms with Crippen LogP contribution in [0.15, 0.2) is 94.2 Å². The van der Waals surface area contributed by atoms with Crippen molar-refractivity contribution in [1.82, 2.24) is 0 Å². The van der Waals surface area contributed by atoms with E-state index < -0.39 is 11.7 Å². The van der Waals surface area contributed by atoms with Crippen molar-refractivity contribution < 1.29 is 13.2 Å². The van der Waals surface area contributed by atoms with E-state index in [-0.39, 0.29) is 0 Å². The molecular formula is C26H24F3NS. The summed E-state index contributed by atoms with van der Waals surface area (Å²) >= 11 is 1.54. The highest BCUT2D eigenvalue weighted by Gasteiger charge is 2.30. The highest BCUT2D eigenvalue weighted by atomic mass is 32.2. The number of rotatable bonds is 6. The van der Waals surface area contributed by atoms with Gasteiger partial charge in [0.15, 0.2) is 0 Å². The standard InChI is InChI=1S/C26H24F3NS/c1-18(2)20-8-12-23(13-9-20)30-25(16-17-31-24-14-4-19(3)5-15-24)21-6-10-22(11-7-21)26(27,28)29/h4-18H,1-3H3. The molecule has 0 aliphatic carbocycles. The molecule has 1 nitrogen and oxygen atoms in total. The fraction of sp³-hybridized carbons (Fsp3) is 0.192. The lowest BCUT2D eigenvalue weighted by atomic mass is 10.0. The van der Waals surface area contributed by atoms with Crippen molar-refractivity contribution >= 4 is 23.2 Å². The number of nitrogens with zero attached hydrogens (tertiary/aromatic N) is 1. The molecule has 31 heavy (non-hydrogen) atoms. The van der Waals surface area contributed by atoms with Gasteiger partial charge in [0, 0.05) is 10.5 Å². The predicted octanol–water partition coefficient (Wildman–Crippen LogP) is 8.56. The molecule has 0 aliphatic rings. The Bertz CT molecular complexity index is 1050. The van der Waals surface area contributed by atoms with E-state index >= 15 is 0 Å². The van der Waals surface area contributed by atoms with Crippen molar-refractivity contribution in [3.63, 3.8) is 0 Å². The molecule has 160 valence electrons. The second-order valence-corrected chi connectivity index (χ2v) is 8.53. The summed E-state index contributed by atoms with van der Waals surface area (Å²) in [6, 6.07) is 21.2. The van der Waals surface area contributed by atoms with Gasteiger partial charge in [0.1, 0.15) is 0 Å². The van der Waals surface area contributed by atoms with Gasteiger partial charge in [-0.15, -0.1) is 0 Å². The number of aryl methyl sites for hydroxylation is 1. The monoisotopic (exact) mass is 439 g/mol. The van der Waals surface area contributed by atoms with E-state index in [0.717, 1.165) is 22.7 Å². The molecule has 0 bridgehead atoms. The van der Waals surface area contributed by atoms with E-state index in [1.54, 1.807) is 0 Å². The number of hydrogen-bond acceptors (Lipinski definition) is 2. The van der Waals surface area contributed by atoms with E-state index in [0.29, 0.717) is 17.2 Å². The normalized spacial score (nSPS) is 12.7. The largest absolute Gasteiger partial charge is 0.416 e. The molecule has 0 aliphatic heterocycles. The van der Waals surface area contributed by atoms with Gasteiger partial charge in [-0.2, -0.15) is 13.2 Å². The molecule has 0 fully saturated rings. The highest BCUT2D eigenvalue weighted by molar-refractivity contribution is 8.02. The minimum absolute atomic E-state index is 0.415. The van der Waals surface area contributed by atoms with Gasteiger partial charge >= 0.3 is 6.18 Å². The summed E-state index contributed by atoms with van der Waals surface area (Å²) in [5, 5.41) is 1.91. The number of halogens is 3. The fourth-order valence-corrected chi connectivity index (χ4v) is 3.54. The highest BCUT2D eigenvalue weighted by Crippen LogP contribution is 2.30. The Kier molecular flexibility index (Phi) is 7.39. The number of alkyl halides is 3. The topological polar surface area (TPSA) is 12.4 Å². The van der Waals surface area contributed by atoms with Gasteiger partial charge in [-0.25, -0.2) is 4.99 Å². The summed E-state index contributed by atoms with van der Waals surface area (Å²) in [6.45, 7) is 6.28. The summed E-state index contributed by atoms with van der Waals surface area (Å²) in [6.07, 6.45) is -2.52. The third-order valence-corrected chi connectivity index (χ3v) is 5.58. The van der Waals surface area contributed by atoms with E-state index in [2.05, 4.69) is 13.8 Å². The third kappa shape index (κ3) is 6.59. The molecule has 0 atom stereocenters. The Hall–Kier alpha value is -2.79. The number of aliphatic imine (C=N–C) groups is 1. The van der Waals surface area contributed by atoms with E-state index in [4.69, 9.17) is 4.99 Å². The predicted molar refractivity (Wildman–Crippen MR) is 124 cm³/mol. The van der Waals surface area contributed by atoms with E-state index in [9.17, 15) is 13.2 Å². The SMILES string of the molecule is Cc1ccc(SC=CC(=Nc2ccc(C(C)C)cc2)c2ccc(C(F)(F)F)cc2)cc1. The van der Waals surface area contributed by atoms with Crippen molar-refractivity contribution in [3.8, 4) is 0 Å². The quantitative estimate of drug-likeness (QED) is 0.277. The van der Waals surface area contributed by atoms with E-state index in [1.807, 2.05) is 66.9 Å². The lowest BCUT2D eigenvalue weighted by Crippen LogP contribution is -2.05. The first kappa shape index (κ1) is 22.9. The van der Waals surface area contributed by atoms with Crippen LogP contribution >= 0.6 is 11.8 Å². The summed E-state index contributed by atoms with van der Waals surface area (Å²) < 4.78 is 38.8. The van der Waals surface area contributed by atoms with Gasteiger partial charge in [-0.1, -0.05) is 67.6 Å². The number of benzene rings is 3. The van der Waals surface area contributed by atoms with Crippen molar-refractivity contribution in [2.45, 2.75) is 37.8 Å². The Morgan fingerprint density at radius 3 is 2.03 bits per heavy atom. The molecular weight excluding hydrogens is 415 g/mol. The van der Waals surface area contributed by atoms with Crippen LogP contribution in [-0.2, 0) is 6.18 Å². The van der Waals surface area contributed by atoms with Crippen LogP contribution in [0.1, 0.15) is 42.0 Å². The minimum atomic E-state index is -4.36. The van der Waals surface area contributed by atoms with Gasteiger partial charge < -0.3 is 0 Å². The second kappa shape index (κ2) is 10.0. The summed E-state index contributed by atoms with van der Waals surface area (Å²) in [7, 11) is 0. The molecule has 0 saturated heterocycles. The summed E-state index contributed by atoms with van der Waals surface area (Å²) in [4.78, 5) is 5.78. The van der Waals surface area contributed by atoms with Crippen molar-refractivity contribution in [3.05, 3.63) is 107 Å². The van der Waals surface area contributed by atoms with Crippen LogP contribution in [0.5, 0.6) is 0 Å². The molecule has 3 aromatic carbocycles. The van der Waals surface area contributed by atoms with Crippen LogP contribution in [0.25, 0.3) is 0 Å². The van der Waals surface area contributed by atoms with Crippen molar-refractivity contribution in [1.29, 1.82) is 0 Å². The van der Waals surface area contributed by atoms with Gasteiger partial charge in [-0.3, -0.25) is 0 Å². The molecule has 0 radical (unpaired) electrons. The molecule has 0 aromatic heterocycles. The van der Waals surface area contributed by atoms with Gasteiger partial charge in [0.25, 0.3) is 0 Å². The number of allylic oxidation sites excluding steroid dienone is 1. The van der Waals surface area contributed by atoms with Crippen LogP contribution in [0, 0.1) is 6.92 Å². The molecule has 0 spiro atoms. The minimum Gasteiger partial charge on any atom is -0.248 e. The van der Waals surface area contributed by atoms with Crippen molar-refractivity contribution in [2.75, 3.05) is 0 Å². The first-order chi connectivity index (χ1) is 14.7. The maximum atomic E-state index is 12.9. The van der Waals surface area contributed by atoms with E-state index in [1.165, 1.54) is 35.0 Å². The van der Waals surface area contributed by atoms with Crippen LogP contribution in [0.2, 0.25) is 0 Å². The first-order valence-corrected chi connectivity index (χ1v) is 10.9. The molecule has 5 heteroatoms. The Labute approximate surface area is 185 Å². The zero-order valence-corrected chi connectivity index (χ0v) is 18.5. The molecule has 0 unspecified atom stereocenters. The number of thioether (sulfide) groups is 1. The second-order valence-electron chi connectivity index (χ2n) is 7.55. The third-order valence-electron chi connectivity index (χ3n) is 4.77. The Morgan fingerprint density at radius 1 is 0.871 bits per heavy atom. The maximum absolute atomic E-state index is 12.9. The summed E-state index contributed by atoms with van der Waals surface area (Å²) in [5.74, 6) is 0.415. The smallest absolute Gasteiger partial charge is 0.248 e. The lowest BCUT2D eigenvalue weighted by Gasteiger charge is -2.09. The van der Waals surface area contributed by atoms with Crippen LogP contribution in [0.3, 0.4) is 0 Å². The maximum Gasteiger partial charge on any atom is 0.416 e. The van der Waals surface area contributed by atoms with Crippen LogP contribution < -0.4 is 0 Å². The Balaban J connectivity index is 1.90. The molecule has 3 rings (SSSR count). The zero-order valence-electron chi connectivity index (χ0n) is 17.6. The summed E-state index contributed by atoms with van der Waals surface area (Å²) in [5.41, 5.74) is 3.71. The molecule has 3 aromatic rings. The van der Waals surface area contributed by atoms with Gasteiger partial charge in [0.2, 0.25) is 0 Å². The average molecular weight is 440 g/mol. The molecule has 0 saturated carbocycles. The number of hydrogen-bond donors (Lipinski definition) is 0. The van der Waals surface area contributed by atoms with Crippen LogP contribution in [0.4, 0.5) is 18.9 Å². The van der Waals surface area contributed by atoms with Crippen LogP contribution in [-0.4, -0.2) is 5.71 Å². The van der Waals surface area contributed by atoms with Gasteiger partial charge in [0.05, 0.1) is 17.0 Å². The zero-order chi connectivity index (χ0) is 22.4. The lowest BCUT2D eigenvalue weighted by molar-refractivity contribution is -0.137. The Morgan fingerprint density at radius 2 is 1.48 bits per heavy atom. The molecule has 0 amide bonds. The average Bonchev–Trinajstić information content (AvgIpc) is 2.74. The molecule has 0 N–H and O–H groups in total. The van der Waals surface area contributed by atoms with Crippen molar-refractivity contribution in [2.24, 2.45) is 4.99 Å². The molecule has 0 heterocycles. The van der Waals surface area contributed by atoms with Gasteiger partial charge in [-0.05, 0) is 66.3 Å². The first-order valence-electron chi connectivity index (χ1n) is 9.98.